The SMILES string of the molecule is CCNCc1ccoc1CN1CCC(C)(C)CC1. The van der Waals surface area contributed by atoms with Crippen LogP contribution in [-0.2, 0) is 13.1 Å². The van der Waals surface area contributed by atoms with Crippen LogP contribution in [0.1, 0.15) is 44.9 Å². The zero-order chi connectivity index (χ0) is 13.0. The van der Waals surface area contributed by atoms with Crippen LogP contribution in [0.3, 0.4) is 0 Å². The molecule has 102 valence electrons. The molecule has 3 heteroatoms. The molecule has 0 saturated carbocycles. The number of rotatable bonds is 5. The van der Waals surface area contributed by atoms with Crippen molar-refractivity contribution in [3.05, 3.63) is 23.7 Å². The average Bonchev–Trinajstić information content (AvgIpc) is 2.77. The molecule has 1 aromatic heterocycles. The molecule has 0 spiro atoms. The van der Waals surface area contributed by atoms with Crippen LogP contribution in [0.5, 0.6) is 0 Å². The number of nitrogens with zero attached hydrogens (tertiary/aromatic N) is 1. The molecule has 1 fully saturated rings. The van der Waals surface area contributed by atoms with Crippen molar-refractivity contribution in [1.82, 2.24) is 10.2 Å². The summed E-state index contributed by atoms with van der Waals surface area (Å²) in [6, 6.07) is 2.09. The summed E-state index contributed by atoms with van der Waals surface area (Å²) >= 11 is 0. The van der Waals surface area contributed by atoms with Gasteiger partial charge in [-0.05, 0) is 44.0 Å². The van der Waals surface area contributed by atoms with Gasteiger partial charge in [0.15, 0.2) is 0 Å². The first-order valence-electron chi connectivity index (χ1n) is 7.09. The Kier molecular flexibility index (Phi) is 4.46. The van der Waals surface area contributed by atoms with Crippen molar-refractivity contribution in [2.75, 3.05) is 19.6 Å². The van der Waals surface area contributed by atoms with E-state index in [1.165, 1.54) is 31.5 Å². The molecule has 1 N–H and O–H groups in total. The number of likely N-dealkylation sites (tertiary alicyclic amines) is 1. The number of furan rings is 1. The predicted molar refractivity (Wildman–Crippen MR) is 74.4 cm³/mol. The van der Waals surface area contributed by atoms with Crippen molar-refractivity contribution in [2.24, 2.45) is 5.41 Å². The molecule has 1 aromatic rings. The maximum absolute atomic E-state index is 5.63. The standard InChI is InChI=1S/C15H26N2O/c1-4-16-11-13-5-10-18-14(13)12-17-8-6-15(2,3)7-9-17/h5,10,16H,4,6-9,11-12H2,1-3H3. The van der Waals surface area contributed by atoms with Crippen LogP contribution < -0.4 is 5.32 Å². The van der Waals surface area contributed by atoms with Crippen molar-refractivity contribution in [2.45, 2.75) is 46.7 Å². The predicted octanol–water partition coefficient (Wildman–Crippen LogP) is 3.01. The number of hydrogen-bond donors (Lipinski definition) is 1. The zero-order valence-corrected chi connectivity index (χ0v) is 12.0. The smallest absolute Gasteiger partial charge is 0.122 e. The Bertz CT molecular complexity index is 360. The summed E-state index contributed by atoms with van der Waals surface area (Å²) in [6.45, 7) is 12.1. The maximum Gasteiger partial charge on any atom is 0.122 e. The van der Waals surface area contributed by atoms with Crippen LogP contribution in [0.15, 0.2) is 16.7 Å². The summed E-state index contributed by atoms with van der Waals surface area (Å²) in [4.78, 5) is 2.51. The minimum absolute atomic E-state index is 0.520. The van der Waals surface area contributed by atoms with Crippen LogP contribution in [-0.4, -0.2) is 24.5 Å². The Morgan fingerprint density at radius 2 is 2.06 bits per heavy atom. The second-order valence-corrected chi connectivity index (χ2v) is 6.09. The van der Waals surface area contributed by atoms with Crippen LogP contribution in [0, 0.1) is 5.41 Å². The number of nitrogens with one attached hydrogen (secondary N) is 1. The van der Waals surface area contributed by atoms with E-state index in [0.29, 0.717) is 5.41 Å². The third kappa shape index (κ3) is 3.59. The van der Waals surface area contributed by atoms with Gasteiger partial charge in [0, 0.05) is 12.1 Å². The highest BCUT2D eigenvalue weighted by molar-refractivity contribution is 5.16. The Labute approximate surface area is 111 Å². The minimum Gasteiger partial charge on any atom is -0.468 e. The quantitative estimate of drug-likeness (QED) is 0.871. The molecule has 0 amide bonds. The molecule has 0 unspecified atom stereocenters. The molecule has 1 aliphatic heterocycles. The van der Waals surface area contributed by atoms with E-state index in [-0.39, 0.29) is 0 Å². The molecule has 0 bridgehead atoms. The van der Waals surface area contributed by atoms with E-state index in [9.17, 15) is 0 Å². The van der Waals surface area contributed by atoms with E-state index in [1.807, 2.05) is 6.26 Å². The number of piperidine rings is 1. The maximum atomic E-state index is 5.63. The number of hydrogen-bond acceptors (Lipinski definition) is 3. The van der Waals surface area contributed by atoms with Crippen LogP contribution in [0.4, 0.5) is 0 Å². The van der Waals surface area contributed by atoms with Gasteiger partial charge in [0.05, 0.1) is 12.8 Å². The van der Waals surface area contributed by atoms with Gasteiger partial charge < -0.3 is 9.73 Å². The van der Waals surface area contributed by atoms with Gasteiger partial charge in [-0.1, -0.05) is 20.8 Å². The summed E-state index contributed by atoms with van der Waals surface area (Å²) in [6.07, 6.45) is 4.39. The fourth-order valence-electron chi connectivity index (χ4n) is 2.44. The lowest BCUT2D eigenvalue weighted by Gasteiger charge is -2.36. The third-order valence-corrected chi connectivity index (χ3v) is 3.98. The second-order valence-electron chi connectivity index (χ2n) is 6.09. The summed E-state index contributed by atoms with van der Waals surface area (Å²) < 4.78 is 5.63. The first-order chi connectivity index (χ1) is 8.61. The lowest BCUT2D eigenvalue weighted by Crippen LogP contribution is -2.36. The third-order valence-electron chi connectivity index (χ3n) is 3.98. The largest absolute Gasteiger partial charge is 0.468 e. The van der Waals surface area contributed by atoms with Gasteiger partial charge in [-0.2, -0.15) is 0 Å². The van der Waals surface area contributed by atoms with Gasteiger partial charge in [-0.15, -0.1) is 0 Å². The van der Waals surface area contributed by atoms with Gasteiger partial charge in [-0.3, -0.25) is 4.90 Å². The molecule has 0 aromatic carbocycles. The van der Waals surface area contributed by atoms with Crippen molar-refractivity contribution in [3.63, 3.8) is 0 Å². The lowest BCUT2D eigenvalue weighted by atomic mass is 9.82. The summed E-state index contributed by atoms with van der Waals surface area (Å²) in [7, 11) is 0. The Hall–Kier alpha value is -0.800. The van der Waals surface area contributed by atoms with E-state index in [2.05, 4.69) is 37.1 Å². The first kappa shape index (κ1) is 13.6. The average molecular weight is 250 g/mol. The summed E-state index contributed by atoms with van der Waals surface area (Å²) in [5.41, 5.74) is 1.83. The highest BCUT2D eigenvalue weighted by atomic mass is 16.3. The van der Waals surface area contributed by atoms with E-state index >= 15 is 0 Å². The van der Waals surface area contributed by atoms with Gasteiger partial charge in [0.1, 0.15) is 5.76 Å². The van der Waals surface area contributed by atoms with E-state index in [0.717, 1.165) is 25.4 Å². The molecule has 3 nitrogen and oxygen atoms in total. The Morgan fingerprint density at radius 3 is 2.72 bits per heavy atom. The lowest BCUT2D eigenvalue weighted by molar-refractivity contribution is 0.120. The van der Waals surface area contributed by atoms with Crippen LogP contribution in [0.25, 0.3) is 0 Å². The summed E-state index contributed by atoms with van der Waals surface area (Å²) in [5, 5.41) is 3.36. The summed E-state index contributed by atoms with van der Waals surface area (Å²) in [5.74, 6) is 1.13. The normalized spacial score (nSPS) is 20.2. The molecular formula is C15H26N2O. The van der Waals surface area contributed by atoms with E-state index in [4.69, 9.17) is 4.42 Å². The van der Waals surface area contributed by atoms with Crippen molar-refractivity contribution < 1.29 is 4.42 Å². The molecule has 0 atom stereocenters. The van der Waals surface area contributed by atoms with Crippen LogP contribution >= 0.6 is 0 Å². The molecule has 0 aliphatic carbocycles. The molecule has 0 radical (unpaired) electrons. The van der Waals surface area contributed by atoms with Crippen molar-refractivity contribution in [1.29, 1.82) is 0 Å². The minimum atomic E-state index is 0.520. The first-order valence-corrected chi connectivity index (χ1v) is 7.09. The molecular weight excluding hydrogens is 224 g/mol. The molecule has 2 heterocycles. The van der Waals surface area contributed by atoms with Crippen molar-refractivity contribution >= 4 is 0 Å². The highest BCUT2D eigenvalue weighted by Gasteiger charge is 2.26. The molecule has 1 aliphatic rings. The molecule has 1 saturated heterocycles. The van der Waals surface area contributed by atoms with Gasteiger partial charge >= 0.3 is 0 Å². The van der Waals surface area contributed by atoms with E-state index in [1.54, 1.807) is 0 Å². The monoisotopic (exact) mass is 250 g/mol. The van der Waals surface area contributed by atoms with E-state index < -0.39 is 0 Å². The Balaban J connectivity index is 1.88. The van der Waals surface area contributed by atoms with Gasteiger partial charge in [0.25, 0.3) is 0 Å². The zero-order valence-electron chi connectivity index (χ0n) is 12.0. The van der Waals surface area contributed by atoms with Gasteiger partial charge in [-0.25, -0.2) is 0 Å². The second kappa shape index (κ2) is 5.89. The fourth-order valence-corrected chi connectivity index (χ4v) is 2.44. The van der Waals surface area contributed by atoms with Crippen LogP contribution in [0.2, 0.25) is 0 Å². The van der Waals surface area contributed by atoms with Crippen molar-refractivity contribution in [3.8, 4) is 0 Å². The van der Waals surface area contributed by atoms with Gasteiger partial charge in [0.2, 0.25) is 0 Å². The molecule has 2 rings (SSSR count). The fraction of sp³-hybridized carbons (Fsp3) is 0.733. The Morgan fingerprint density at radius 1 is 1.33 bits per heavy atom. The molecule has 18 heavy (non-hydrogen) atoms. The highest BCUT2D eigenvalue weighted by Crippen LogP contribution is 2.30. The topological polar surface area (TPSA) is 28.4 Å².